The number of nitrogens with zero attached hydrogens (tertiary/aromatic N) is 3. The molecule has 0 fully saturated rings. The van der Waals surface area contributed by atoms with E-state index >= 15 is 0 Å². The Balaban J connectivity index is 3.31. The molecule has 0 radical (unpaired) electrons. The lowest BCUT2D eigenvalue weighted by Crippen LogP contribution is -1.87. The Bertz CT molecular complexity index is 439. The van der Waals surface area contributed by atoms with E-state index in [9.17, 15) is 10.1 Å². The number of non-ortho nitro benzene ring substituents is 1. The number of hydrogen-bond donors (Lipinski definition) is 0. The Morgan fingerprint density at radius 2 is 2.20 bits per heavy atom. The summed E-state index contributed by atoms with van der Waals surface area (Å²) in [5.74, 6) is 0. The number of rotatable bonds is 3. The summed E-state index contributed by atoms with van der Waals surface area (Å²) in [6.07, 6.45) is 0. The first-order valence-electron chi connectivity index (χ1n) is 4.00. The molecule has 0 atom stereocenters. The topological polar surface area (TPSA) is 67.9 Å². The third-order valence-electron chi connectivity index (χ3n) is 1.61. The maximum atomic E-state index is 10.5. The third kappa shape index (κ3) is 2.85. The molecule has 0 bridgehead atoms. The van der Waals surface area contributed by atoms with Crippen molar-refractivity contribution < 1.29 is 4.92 Å². The van der Waals surface area contributed by atoms with Crippen molar-refractivity contribution in [1.29, 1.82) is 0 Å². The molecule has 0 spiro atoms. The zero-order chi connectivity index (χ0) is 11.4. The smallest absolute Gasteiger partial charge is 0.262 e. The Morgan fingerprint density at radius 1 is 1.53 bits per heavy atom. The monoisotopic (exact) mass is 225 g/mol. The Labute approximate surface area is 91.3 Å². The molecule has 0 aliphatic carbocycles. The maximum absolute atomic E-state index is 10.5. The van der Waals surface area contributed by atoms with E-state index in [1.165, 1.54) is 18.2 Å². The van der Waals surface area contributed by atoms with Gasteiger partial charge in [0.25, 0.3) is 5.69 Å². The molecular formula is C9H8ClN3O2. The molecule has 0 saturated carbocycles. The highest BCUT2D eigenvalue weighted by molar-refractivity contribution is 6.65. The van der Waals surface area contributed by atoms with Gasteiger partial charge in [-0.3, -0.25) is 15.1 Å². The molecule has 0 amide bonds. The fraction of sp³-hybridized carbons (Fsp3) is 0.111. The van der Waals surface area contributed by atoms with Gasteiger partial charge in [-0.1, -0.05) is 11.6 Å². The van der Waals surface area contributed by atoms with Crippen LogP contribution in [0.5, 0.6) is 0 Å². The van der Waals surface area contributed by atoms with Gasteiger partial charge in [-0.25, -0.2) is 4.99 Å². The van der Waals surface area contributed by atoms with Crippen molar-refractivity contribution >= 4 is 40.6 Å². The normalized spacial score (nSPS) is 11.2. The number of nitro groups is 1. The Morgan fingerprint density at radius 3 is 2.67 bits per heavy atom. The predicted octanol–water partition coefficient (Wildman–Crippen LogP) is 3.22. The zero-order valence-electron chi connectivity index (χ0n) is 7.98. The highest BCUT2D eigenvalue weighted by Gasteiger charge is 2.09. The third-order valence-corrected chi connectivity index (χ3v) is 1.70. The minimum atomic E-state index is -0.505. The van der Waals surface area contributed by atoms with E-state index in [4.69, 9.17) is 11.6 Å². The fourth-order valence-corrected chi connectivity index (χ4v) is 1.11. The molecule has 1 rings (SSSR count). The number of aliphatic imine (C=N–C) groups is 2. The maximum Gasteiger partial charge on any atom is 0.271 e. The minimum Gasteiger partial charge on any atom is -0.262 e. The molecular weight excluding hydrogens is 218 g/mol. The van der Waals surface area contributed by atoms with Crippen molar-refractivity contribution in [2.75, 3.05) is 0 Å². The Hall–Kier alpha value is -1.75. The van der Waals surface area contributed by atoms with Crippen LogP contribution >= 0.6 is 11.6 Å². The Kier molecular flexibility index (Phi) is 3.51. The molecule has 0 N–H and O–H groups in total. The minimum absolute atomic E-state index is 0.0564. The molecule has 0 heterocycles. The predicted molar refractivity (Wildman–Crippen MR) is 60.9 cm³/mol. The number of benzene rings is 1. The molecule has 1 aromatic carbocycles. The van der Waals surface area contributed by atoms with Gasteiger partial charge in [-0.05, 0) is 19.7 Å². The second-order valence-corrected chi connectivity index (χ2v) is 3.24. The molecule has 0 aliphatic rings. The van der Waals surface area contributed by atoms with Gasteiger partial charge in [0.05, 0.1) is 16.3 Å². The first kappa shape index (κ1) is 11.3. The van der Waals surface area contributed by atoms with Crippen LogP contribution in [0.1, 0.15) is 6.92 Å². The SMILES string of the molecule is C=Nc1ccc([N+](=O)[O-])cc1N=C(C)Cl. The lowest BCUT2D eigenvalue weighted by molar-refractivity contribution is -0.384. The summed E-state index contributed by atoms with van der Waals surface area (Å²) in [6.45, 7) is 4.92. The summed E-state index contributed by atoms with van der Waals surface area (Å²) < 4.78 is 0. The van der Waals surface area contributed by atoms with Gasteiger partial charge in [0.1, 0.15) is 5.17 Å². The van der Waals surface area contributed by atoms with Crippen molar-refractivity contribution in [2.45, 2.75) is 6.92 Å². The van der Waals surface area contributed by atoms with Crippen LogP contribution in [0.15, 0.2) is 28.2 Å². The second-order valence-electron chi connectivity index (χ2n) is 2.70. The lowest BCUT2D eigenvalue weighted by Gasteiger charge is -1.99. The van der Waals surface area contributed by atoms with Crippen LogP contribution < -0.4 is 0 Å². The van der Waals surface area contributed by atoms with Crippen LogP contribution in [0.2, 0.25) is 0 Å². The largest absolute Gasteiger partial charge is 0.271 e. The van der Waals surface area contributed by atoms with Crippen molar-refractivity contribution in [3.05, 3.63) is 28.3 Å². The van der Waals surface area contributed by atoms with Crippen LogP contribution in [0.25, 0.3) is 0 Å². The van der Waals surface area contributed by atoms with Gasteiger partial charge < -0.3 is 0 Å². The van der Waals surface area contributed by atoms with E-state index in [0.29, 0.717) is 11.4 Å². The van der Waals surface area contributed by atoms with Crippen molar-refractivity contribution in [2.24, 2.45) is 9.98 Å². The first-order valence-corrected chi connectivity index (χ1v) is 4.38. The highest BCUT2D eigenvalue weighted by Crippen LogP contribution is 2.31. The number of halogens is 1. The van der Waals surface area contributed by atoms with Crippen molar-refractivity contribution in [3.8, 4) is 0 Å². The summed E-state index contributed by atoms with van der Waals surface area (Å²) in [5.41, 5.74) is 0.742. The van der Waals surface area contributed by atoms with Crippen LogP contribution in [0, 0.1) is 10.1 Å². The summed E-state index contributed by atoms with van der Waals surface area (Å²) >= 11 is 5.59. The van der Waals surface area contributed by atoms with E-state index in [-0.39, 0.29) is 10.9 Å². The number of hydrogen-bond acceptors (Lipinski definition) is 4. The van der Waals surface area contributed by atoms with Crippen molar-refractivity contribution in [1.82, 2.24) is 0 Å². The van der Waals surface area contributed by atoms with E-state index < -0.39 is 4.92 Å². The van der Waals surface area contributed by atoms with E-state index in [1.54, 1.807) is 6.92 Å². The number of nitro benzene ring substituents is 1. The van der Waals surface area contributed by atoms with Crippen LogP contribution in [0.3, 0.4) is 0 Å². The van der Waals surface area contributed by atoms with E-state index in [1.807, 2.05) is 0 Å². The molecule has 0 aromatic heterocycles. The summed E-state index contributed by atoms with van der Waals surface area (Å²) in [4.78, 5) is 17.6. The second kappa shape index (κ2) is 4.65. The fourth-order valence-electron chi connectivity index (χ4n) is 1.01. The van der Waals surface area contributed by atoms with Crippen molar-refractivity contribution in [3.63, 3.8) is 0 Å². The van der Waals surface area contributed by atoms with Gasteiger partial charge in [0, 0.05) is 12.1 Å². The summed E-state index contributed by atoms with van der Waals surface area (Å²) in [6, 6.07) is 4.12. The molecule has 15 heavy (non-hydrogen) atoms. The molecule has 0 aliphatic heterocycles. The molecule has 6 heteroatoms. The molecule has 1 aromatic rings. The van der Waals surface area contributed by atoms with Crippen LogP contribution in [0.4, 0.5) is 17.1 Å². The summed E-state index contributed by atoms with van der Waals surface area (Å²) in [5, 5.41) is 10.8. The first-order chi connectivity index (χ1) is 7.04. The zero-order valence-corrected chi connectivity index (χ0v) is 8.73. The van der Waals surface area contributed by atoms with Gasteiger partial charge in [-0.2, -0.15) is 0 Å². The van der Waals surface area contributed by atoms with Gasteiger partial charge in [0.15, 0.2) is 0 Å². The van der Waals surface area contributed by atoms with Gasteiger partial charge >= 0.3 is 0 Å². The molecule has 0 unspecified atom stereocenters. The quantitative estimate of drug-likeness (QED) is 0.450. The molecule has 5 nitrogen and oxygen atoms in total. The van der Waals surface area contributed by atoms with Crippen LogP contribution in [-0.2, 0) is 0 Å². The molecule has 78 valence electrons. The average Bonchev–Trinajstić information content (AvgIpc) is 2.16. The van der Waals surface area contributed by atoms with E-state index in [0.717, 1.165) is 0 Å². The van der Waals surface area contributed by atoms with Gasteiger partial charge in [-0.15, -0.1) is 0 Å². The standard InChI is InChI=1S/C9H8ClN3O2/c1-6(10)12-9-5-7(13(14)15)3-4-8(9)11-2/h3-5H,2H2,1H3. The average molecular weight is 226 g/mol. The van der Waals surface area contributed by atoms with Crippen LogP contribution in [-0.4, -0.2) is 16.8 Å². The lowest BCUT2D eigenvalue weighted by atomic mass is 10.2. The highest BCUT2D eigenvalue weighted by atomic mass is 35.5. The summed E-state index contributed by atoms with van der Waals surface area (Å²) in [7, 11) is 0. The molecule has 0 saturated heterocycles. The van der Waals surface area contributed by atoms with E-state index in [2.05, 4.69) is 16.7 Å². The van der Waals surface area contributed by atoms with Gasteiger partial charge in [0.2, 0.25) is 0 Å².